The van der Waals surface area contributed by atoms with E-state index in [1.54, 1.807) is 11.3 Å². The highest BCUT2D eigenvalue weighted by atomic mass is 35.5. The van der Waals surface area contributed by atoms with Gasteiger partial charge in [-0.05, 0) is 24.8 Å². The molecule has 0 N–H and O–H groups in total. The van der Waals surface area contributed by atoms with Gasteiger partial charge in [-0.2, -0.15) is 0 Å². The van der Waals surface area contributed by atoms with Gasteiger partial charge in [0.25, 0.3) is 0 Å². The van der Waals surface area contributed by atoms with Gasteiger partial charge in [0, 0.05) is 16.8 Å². The summed E-state index contributed by atoms with van der Waals surface area (Å²) >= 11 is 7.40. The fraction of sp³-hybridized carbons (Fsp3) is 0.357. The first kappa shape index (κ1) is 12.6. The zero-order valence-electron chi connectivity index (χ0n) is 9.95. The van der Waals surface area contributed by atoms with E-state index >= 15 is 0 Å². The fourth-order valence-electron chi connectivity index (χ4n) is 1.69. The summed E-state index contributed by atoms with van der Waals surface area (Å²) < 4.78 is 0. The number of thiazole rings is 1. The largest absolute Gasteiger partial charge is 0.241 e. The van der Waals surface area contributed by atoms with E-state index in [0.717, 1.165) is 30.0 Å². The molecule has 0 spiro atoms. The molecule has 0 aliphatic heterocycles. The van der Waals surface area contributed by atoms with Crippen molar-refractivity contribution in [2.75, 3.05) is 5.88 Å². The van der Waals surface area contributed by atoms with Crippen molar-refractivity contribution in [1.29, 1.82) is 0 Å². The molecule has 0 radical (unpaired) electrons. The Morgan fingerprint density at radius 2 is 2.00 bits per heavy atom. The highest BCUT2D eigenvalue weighted by Gasteiger charge is 2.04. The minimum absolute atomic E-state index is 0.706. The van der Waals surface area contributed by atoms with Gasteiger partial charge in [-0.25, -0.2) is 4.98 Å². The Morgan fingerprint density at radius 1 is 1.24 bits per heavy atom. The number of nitrogens with zero attached hydrogens (tertiary/aromatic N) is 1. The average Bonchev–Trinajstić information content (AvgIpc) is 2.85. The van der Waals surface area contributed by atoms with Crippen LogP contribution in [0.25, 0.3) is 10.6 Å². The predicted octanol–water partition coefficient (Wildman–Crippen LogP) is 4.54. The van der Waals surface area contributed by atoms with Crippen molar-refractivity contribution in [1.82, 2.24) is 4.98 Å². The third kappa shape index (κ3) is 3.30. The van der Waals surface area contributed by atoms with Gasteiger partial charge in [0.1, 0.15) is 5.01 Å². The minimum Gasteiger partial charge on any atom is -0.241 e. The van der Waals surface area contributed by atoms with Gasteiger partial charge >= 0.3 is 0 Å². The first-order valence-electron chi connectivity index (χ1n) is 5.93. The third-order valence-corrected chi connectivity index (χ3v) is 3.93. The third-order valence-electron chi connectivity index (χ3n) is 2.73. The number of alkyl halides is 1. The number of benzene rings is 1. The van der Waals surface area contributed by atoms with E-state index in [0.29, 0.717) is 5.88 Å². The van der Waals surface area contributed by atoms with Crippen LogP contribution in [-0.2, 0) is 12.8 Å². The van der Waals surface area contributed by atoms with Crippen molar-refractivity contribution < 1.29 is 0 Å². The molecule has 3 heteroatoms. The molecule has 0 fully saturated rings. The van der Waals surface area contributed by atoms with Crippen molar-refractivity contribution in [3.63, 3.8) is 0 Å². The lowest BCUT2D eigenvalue weighted by Crippen LogP contribution is -1.86. The van der Waals surface area contributed by atoms with E-state index in [1.807, 2.05) is 0 Å². The molecule has 1 aromatic heterocycles. The maximum Gasteiger partial charge on any atom is 0.123 e. The molecule has 1 heterocycles. The van der Waals surface area contributed by atoms with Gasteiger partial charge in [-0.1, -0.05) is 31.2 Å². The molecular formula is C14H16ClNS. The lowest BCUT2D eigenvalue weighted by atomic mass is 10.1. The molecular weight excluding hydrogens is 250 g/mol. The Hall–Kier alpha value is -0.860. The van der Waals surface area contributed by atoms with Crippen LogP contribution in [0.5, 0.6) is 0 Å². The second kappa shape index (κ2) is 6.18. The molecule has 90 valence electrons. The molecule has 1 aromatic carbocycles. The average molecular weight is 266 g/mol. The van der Waals surface area contributed by atoms with Crippen LogP contribution < -0.4 is 0 Å². The molecule has 0 bridgehead atoms. The van der Waals surface area contributed by atoms with Gasteiger partial charge in [0.05, 0.1) is 5.69 Å². The van der Waals surface area contributed by atoms with Crippen LogP contribution in [0.3, 0.4) is 0 Å². The van der Waals surface area contributed by atoms with E-state index in [4.69, 9.17) is 11.6 Å². The van der Waals surface area contributed by atoms with Gasteiger partial charge < -0.3 is 0 Å². The van der Waals surface area contributed by atoms with Gasteiger partial charge in [-0.15, -0.1) is 22.9 Å². The predicted molar refractivity (Wildman–Crippen MR) is 76.0 cm³/mol. The Balaban J connectivity index is 2.12. The zero-order chi connectivity index (χ0) is 12.1. The summed E-state index contributed by atoms with van der Waals surface area (Å²) in [4.78, 5) is 4.63. The molecule has 0 aliphatic rings. The van der Waals surface area contributed by atoms with Crippen LogP contribution in [0, 0.1) is 0 Å². The number of hydrogen-bond donors (Lipinski definition) is 0. The Labute approximate surface area is 111 Å². The summed E-state index contributed by atoms with van der Waals surface area (Å²) in [6, 6.07) is 8.66. The highest BCUT2D eigenvalue weighted by Crippen LogP contribution is 2.24. The molecule has 0 unspecified atom stereocenters. The Kier molecular flexibility index (Phi) is 4.57. The Bertz CT molecular complexity index is 461. The lowest BCUT2D eigenvalue weighted by Gasteiger charge is -1.98. The summed E-state index contributed by atoms with van der Waals surface area (Å²) in [5.41, 5.74) is 3.74. The lowest BCUT2D eigenvalue weighted by molar-refractivity contribution is 0.900. The highest BCUT2D eigenvalue weighted by molar-refractivity contribution is 7.13. The number of halogens is 1. The zero-order valence-corrected chi connectivity index (χ0v) is 11.5. The molecule has 0 saturated heterocycles. The molecule has 0 aliphatic carbocycles. The van der Waals surface area contributed by atoms with Crippen molar-refractivity contribution in [3.8, 4) is 10.6 Å². The fourth-order valence-corrected chi connectivity index (χ4v) is 2.68. The molecule has 0 atom stereocenters. The van der Waals surface area contributed by atoms with E-state index in [9.17, 15) is 0 Å². The SMILES string of the molecule is CCc1ccc(-c2nc(CCCCl)cs2)cc1. The summed E-state index contributed by atoms with van der Waals surface area (Å²) in [6.45, 7) is 2.17. The number of aromatic nitrogens is 1. The van der Waals surface area contributed by atoms with Gasteiger partial charge in [0.2, 0.25) is 0 Å². The second-order valence-corrected chi connectivity index (χ2v) is 5.22. The Morgan fingerprint density at radius 3 is 2.65 bits per heavy atom. The second-order valence-electron chi connectivity index (χ2n) is 3.99. The molecule has 1 nitrogen and oxygen atoms in total. The maximum absolute atomic E-state index is 5.68. The minimum atomic E-state index is 0.706. The first-order chi connectivity index (χ1) is 8.33. The quantitative estimate of drug-likeness (QED) is 0.723. The van der Waals surface area contributed by atoms with Crippen LogP contribution in [0.1, 0.15) is 24.6 Å². The van der Waals surface area contributed by atoms with E-state index in [2.05, 4.69) is 41.6 Å². The van der Waals surface area contributed by atoms with Crippen LogP contribution in [-0.4, -0.2) is 10.9 Å². The summed E-state index contributed by atoms with van der Waals surface area (Å²) in [5.74, 6) is 0.706. The topological polar surface area (TPSA) is 12.9 Å². The van der Waals surface area contributed by atoms with E-state index < -0.39 is 0 Å². The maximum atomic E-state index is 5.68. The summed E-state index contributed by atoms with van der Waals surface area (Å²) in [7, 11) is 0. The van der Waals surface area contributed by atoms with Crippen LogP contribution in [0.4, 0.5) is 0 Å². The number of hydrogen-bond acceptors (Lipinski definition) is 2. The summed E-state index contributed by atoms with van der Waals surface area (Å²) in [5, 5.41) is 3.24. The molecule has 17 heavy (non-hydrogen) atoms. The van der Waals surface area contributed by atoms with Crippen LogP contribution >= 0.6 is 22.9 Å². The van der Waals surface area contributed by atoms with E-state index in [-0.39, 0.29) is 0 Å². The van der Waals surface area contributed by atoms with Crippen molar-refractivity contribution >= 4 is 22.9 Å². The van der Waals surface area contributed by atoms with Crippen molar-refractivity contribution in [2.24, 2.45) is 0 Å². The first-order valence-corrected chi connectivity index (χ1v) is 7.34. The van der Waals surface area contributed by atoms with Gasteiger partial charge in [-0.3, -0.25) is 0 Å². The molecule has 2 rings (SSSR count). The van der Waals surface area contributed by atoms with Crippen molar-refractivity contribution in [2.45, 2.75) is 26.2 Å². The molecule has 0 saturated carbocycles. The monoisotopic (exact) mass is 265 g/mol. The van der Waals surface area contributed by atoms with E-state index in [1.165, 1.54) is 11.1 Å². The van der Waals surface area contributed by atoms with Crippen molar-refractivity contribution in [3.05, 3.63) is 40.9 Å². The summed E-state index contributed by atoms with van der Waals surface area (Å²) in [6.07, 6.45) is 3.06. The standard InChI is InChI=1S/C14H16ClNS/c1-2-11-5-7-12(8-6-11)14-16-13(10-17-14)4-3-9-15/h5-8,10H,2-4,9H2,1H3. The normalized spacial score (nSPS) is 10.7. The van der Waals surface area contributed by atoms with Crippen LogP contribution in [0.15, 0.2) is 29.6 Å². The number of rotatable bonds is 5. The number of aryl methyl sites for hydroxylation is 2. The smallest absolute Gasteiger partial charge is 0.123 e. The van der Waals surface area contributed by atoms with Gasteiger partial charge in [0.15, 0.2) is 0 Å². The van der Waals surface area contributed by atoms with Crippen LogP contribution in [0.2, 0.25) is 0 Å². The molecule has 0 amide bonds. The molecule has 2 aromatic rings.